The molecule has 3 aliphatic rings. The van der Waals surface area contributed by atoms with Gasteiger partial charge in [0.1, 0.15) is 11.7 Å². The maximum atomic E-state index is 13.9. The van der Waals surface area contributed by atoms with Crippen molar-refractivity contribution >= 4 is 40.3 Å². The van der Waals surface area contributed by atoms with Crippen molar-refractivity contribution in [3.05, 3.63) is 36.0 Å². The van der Waals surface area contributed by atoms with Crippen LogP contribution >= 0.6 is 0 Å². The van der Waals surface area contributed by atoms with E-state index in [1.807, 2.05) is 24.3 Å². The van der Waals surface area contributed by atoms with E-state index >= 15 is 0 Å². The Hall–Kier alpha value is -3.69. The second kappa shape index (κ2) is 11.2. The summed E-state index contributed by atoms with van der Waals surface area (Å²) in [5, 5.41) is 9.15. The standard InChI is InChI=1S/C29H37N5O5/c1-16(2)31-28(38)25(35)22(14-18-9-6-12-30-26(18)36)33-27(37)24-20-10-5-8-19(20)15-34(24)29(39)23-13-17-7-3-4-11-21(17)32-23/h3-4,7,11,13,16,18-20,22,24,32H,5-6,8-10,12,14-15H2,1-2H3,(H,30,36)(H,31,38)(H,33,37)/t18-,19-,20-,22-,24-/m0/s1. The largest absolute Gasteiger partial charge is 0.356 e. The molecule has 4 N–H and O–H groups in total. The first-order valence-electron chi connectivity index (χ1n) is 14.0. The minimum atomic E-state index is -1.16. The summed E-state index contributed by atoms with van der Waals surface area (Å²) in [6.45, 7) is 4.54. The number of ketones is 1. The number of likely N-dealkylation sites (tertiary alicyclic amines) is 1. The van der Waals surface area contributed by atoms with Gasteiger partial charge in [-0.1, -0.05) is 24.6 Å². The number of rotatable bonds is 8. The summed E-state index contributed by atoms with van der Waals surface area (Å²) in [7, 11) is 0. The molecule has 1 aromatic heterocycles. The first kappa shape index (κ1) is 26.9. The van der Waals surface area contributed by atoms with Crippen LogP contribution in [0.5, 0.6) is 0 Å². The number of aromatic amines is 1. The average Bonchev–Trinajstić information content (AvgIpc) is 3.62. The van der Waals surface area contributed by atoms with Crippen molar-refractivity contribution in [2.75, 3.05) is 13.1 Å². The zero-order valence-corrected chi connectivity index (χ0v) is 22.5. The molecule has 10 nitrogen and oxygen atoms in total. The van der Waals surface area contributed by atoms with Gasteiger partial charge in [-0.05, 0) is 69.9 Å². The van der Waals surface area contributed by atoms with E-state index in [0.29, 0.717) is 25.2 Å². The van der Waals surface area contributed by atoms with Crippen LogP contribution in [-0.2, 0) is 19.2 Å². The highest BCUT2D eigenvalue weighted by Gasteiger charge is 2.50. The Morgan fingerprint density at radius 1 is 1.05 bits per heavy atom. The summed E-state index contributed by atoms with van der Waals surface area (Å²) in [4.78, 5) is 70.8. The number of carbonyl (C=O) groups is 5. The second-order valence-corrected chi connectivity index (χ2v) is 11.4. The summed E-state index contributed by atoms with van der Waals surface area (Å²) in [5.41, 5.74) is 1.26. The number of hydrogen-bond acceptors (Lipinski definition) is 5. The van der Waals surface area contributed by atoms with Crippen molar-refractivity contribution in [2.24, 2.45) is 17.8 Å². The highest BCUT2D eigenvalue weighted by molar-refractivity contribution is 6.38. The summed E-state index contributed by atoms with van der Waals surface area (Å²) in [6.07, 6.45) is 4.12. The normalized spacial score (nSPS) is 25.3. The lowest BCUT2D eigenvalue weighted by Crippen LogP contribution is -2.56. The summed E-state index contributed by atoms with van der Waals surface area (Å²) >= 11 is 0. The van der Waals surface area contributed by atoms with Crippen LogP contribution in [0.2, 0.25) is 0 Å². The first-order chi connectivity index (χ1) is 18.7. The highest BCUT2D eigenvalue weighted by atomic mass is 16.2. The number of nitrogens with zero attached hydrogens (tertiary/aromatic N) is 1. The van der Waals surface area contributed by atoms with Gasteiger partial charge in [0.15, 0.2) is 0 Å². The van der Waals surface area contributed by atoms with Crippen LogP contribution < -0.4 is 16.0 Å². The number of fused-ring (bicyclic) bond motifs is 2. The molecule has 1 aliphatic carbocycles. The lowest BCUT2D eigenvalue weighted by molar-refractivity contribution is -0.141. The molecular formula is C29H37N5O5. The molecule has 1 saturated carbocycles. The van der Waals surface area contributed by atoms with Crippen LogP contribution in [0.1, 0.15) is 62.9 Å². The molecule has 4 amide bonds. The predicted octanol–water partition coefficient (Wildman–Crippen LogP) is 1.90. The molecule has 39 heavy (non-hydrogen) atoms. The molecule has 5 rings (SSSR count). The van der Waals surface area contributed by atoms with Crippen LogP contribution in [0.3, 0.4) is 0 Å². The Bertz CT molecular complexity index is 1250. The zero-order valence-electron chi connectivity index (χ0n) is 22.5. The molecule has 3 fully saturated rings. The number of aromatic nitrogens is 1. The molecule has 10 heteroatoms. The molecule has 3 heterocycles. The van der Waals surface area contributed by atoms with Crippen molar-refractivity contribution in [3.8, 4) is 0 Å². The quantitative estimate of drug-likeness (QED) is 0.382. The van der Waals surface area contributed by atoms with Crippen molar-refractivity contribution in [1.82, 2.24) is 25.8 Å². The molecule has 0 radical (unpaired) electrons. The maximum Gasteiger partial charge on any atom is 0.289 e. The molecule has 5 atom stereocenters. The third-order valence-electron chi connectivity index (χ3n) is 8.38. The summed E-state index contributed by atoms with van der Waals surface area (Å²) in [6, 6.07) is 7.25. The number of amides is 4. The molecule has 2 aliphatic heterocycles. The SMILES string of the molecule is CC(C)NC(=O)C(=O)[C@H](C[C@@H]1CCCNC1=O)NC(=O)[C@@H]1[C@H]2CCC[C@H]2CN1C(=O)c1cc2ccccc2[nH]1. The Balaban J connectivity index is 1.39. The van der Waals surface area contributed by atoms with Gasteiger partial charge in [0.05, 0.1) is 6.04 Å². The van der Waals surface area contributed by atoms with Crippen molar-refractivity contribution in [3.63, 3.8) is 0 Å². The summed E-state index contributed by atoms with van der Waals surface area (Å²) < 4.78 is 0. The number of carbonyl (C=O) groups excluding carboxylic acids is 5. The lowest BCUT2D eigenvalue weighted by atomic mass is 9.89. The van der Waals surface area contributed by atoms with Crippen LogP contribution in [0.4, 0.5) is 0 Å². The number of nitrogens with one attached hydrogen (secondary N) is 4. The molecule has 1 aromatic carbocycles. The topological polar surface area (TPSA) is 140 Å². The number of para-hydroxylation sites is 1. The van der Waals surface area contributed by atoms with Gasteiger partial charge in [0.25, 0.3) is 11.8 Å². The number of Topliss-reactive ketones (excluding diaryl/α,β-unsaturated/α-hetero) is 1. The molecular weight excluding hydrogens is 498 g/mol. The monoisotopic (exact) mass is 535 g/mol. The Morgan fingerprint density at radius 2 is 1.85 bits per heavy atom. The van der Waals surface area contributed by atoms with Crippen LogP contribution in [0, 0.1) is 17.8 Å². The smallest absolute Gasteiger partial charge is 0.289 e. The van der Waals surface area contributed by atoms with E-state index in [1.165, 1.54) is 0 Å². The van der Waals surface area contributed by atoms with Gasteiger partial charge in [-0.15, -0.1) is 0 Å². The van der Waals surface area contributed by atoms with E-state index in [4.69, 9.17) is 0 Å². The van der Waals surface area contributed by atoms with Gasteiger partial charge < -0.3 is 25.8 Å². The van der Waals surface area contributed by atoms with Crippen molar-refractivity contribution in [2.45, 2.75) is 70.5 Å². The van der Waals surface area contributed by atoms with Gasteiger partial charge in [-0.2, -0.15) is 0 Å². The fraction of sp³-hybridized carbons (Fsp3) is 0.552. The van der Waals surface area contributed by atoms with Gasteiger partial charge in [-0.3, -0.25) is 24.0 Å². The molecule has 0 spiro atoms. The molecule has 208 valence electrons. The average molecular weight is 536 g/mol. The van der Waals surface area contributed by atoms with E-state index in [2.05, 4.69) is 20.9 Å². The van der Waals surface area contributed by atoms with Gasteiger partial charge in [0, 0.05) is 36.0 Å². The minimum Gasteiger partial charge on any atom is -0.356 e. The van der Waals surface area contributed by atoms with Crippen molar-refractivity contribution < 1.29 is 24.0 Å². The third-order valence-corrected chi connectivity index (χ3v) is 8.38. The molecule has 2 aromatic rings. The Kier molecular flexibility index (Phi) is 7.72. The molecule has 0 unspecified atom stereocenters. The maximum absolute atomic E-state index is 13.9. The van der Waals surface area contributed by atoms with Crippen LogP contribution in [0.25, 0.3) is 10.9 Å². The molecule has 0 bridgehead atoms. The van der Waals surface area contributed by atoms with E-state index < -0.39 is 35.6 Å². The second-order valence-electron chi connectivity index (χ2n) is 11.4. The molecule has 2 saturated heterocycles. The lowest BCUT2D eigenvalue weighted by Gasteiger charge is -2.30. The van der Waals surface area contributed by atoms with E-state index in [9.17, 15) is 24.0 Å². The van der Waals surface area contributed by atoms with Crippen molar-refractivity contribution in [1.29, 1.82) is 0 Å². The van der Waals surface area contributed by atoms with Crippen LogP contribution in [0.15, 0.2) is 30.3 Å². The minimum absolute atomic E-state index is 0.0171. The van der Waals surface area contributed by atoms with E-state index in [1.54, 1.807) is 24.8 Å². The van der Waals surface area contributed by atoms with Gasteiger partial charge in [-0.25, -0.2) is 0 Å². The van der Waals surface area contributed by atoms with E-state index in [-0.39, 0.29) is 36.1 Å². The van der Waals surface area contributed by atoms with Crippen LogP contribution in [-0.4, -0.2) is 70.5 Å². The number of benzene rings is 1. The van der Waals surface area contributed by atoms with E-state index in [0.717, 1.165) is 36.6 Å². The number of hydrogen-bond donors (Lipinski definition) is 4. The number of piperidine rings is 1. The fourth-order valence-corrected chi connectivity index (χ4v) is 6.52. The summed E-state index contributed by atoms with van der Waals surface area (Å²) in [5.74, 6) is -2.73. The number of H-pyrrole nitrogens is 1. The van der Waals surface area contributed by atoms with Gasteiger partial charge in [0.2, 0.25) is 17.6 Å². The highest BCUT2D eigenvalue weighted by Crippen LogP contribution is 2.43. The third kappa shape index (κ3) is 5.55. The predicted molar refractivity (Wildman–Crippen MR) is 145 cm³/mol. The first-order valence-corrected chi connectivity index (χ1v) is 14.0. The Morgan fingerprint density at radius 3 is 2.59 bits per heavy atom. The zero-order chi connectivity index (χ0) is 27.7. The van der Waals surface area contributed by atoms with Gasteiger partial charge >= 0.3 is 0 Å². The Labute approximate surface area is 227 Å². The fourth-order valence-electron chi connectivity index (χ4n) is 6.52.